The van der Waals surface area contributed by atoms with Gasteiger partial charge < -0.3 is 5.11 Å². The number of sulfone groups is 2. The first-order chi connectivity index (χ1) is 10.5. The van der Waals surface area contributed by atoms with Crippen molar-refractivity contribution in [1.82, 2.24) is 5.48 Å². The van der Waals surface area contributed by atoms with Crippen LogP contribution in [0, 0.1) is 0 Å². The second kappa shape index (κ2) is 7.06. The lowest BCUT2D eigenvalue weighted by atomic mass is 10.2. The Morgan fingerprint density at radius 1 is 1.13 bits per heavy atom. The van der Waals surface area contributed by atoms with Gasteiger partial charge in [0.25, 0.3) is 5.91 Å². The minimum absolute atomic E-state index is 0.508. The van der Waals surface area contributed by atoms with Crippen LogP contribution in [0.3, 0.4) is 0 Å². The van der Waals surface area contributed by atoms with Crippen LogP contribution in [0.5, 0.6) is 0 Å². The van der Waals surface area contributed by atoms with Gasteiger partial charge in [-0.1, -0.05) is 12.1 Å². The fraction of sp³-hybridized carbons (Fsp3) is 0.333. The van der Waals surface area contributed by atoms with Gasteiger partial charge in [0.1, 0.15) is 5.25 Å². The molecule has 0 spiro atoms. The number of carbonyl (C=O) groups excluding carboxylic acids is 1. The van der Waals surface area contributed by atoms with E-state index in [9.17, 15) is 26.4 Å². The molecule has 1 unspecified atom stereocenters. The van der Waals surface area contributed by atoms with Crippen LogP contribution in [0.4, 0.5) is 0 Å². The average Bonchev–Trinajstić information content (AvgIpc) is 2.45. The number of amides is 1. The van der Waals surface area contributed by atoms with Gasteiger partial charge in [-0.3, -0.25) is 14.8 Å². The fourth-order valence-corrected chi connectivity index (χ4v) is 5.15. The lowest BCUT2D eigenvalue weighted by Crippen LogP contribution is -2.39. The zero-order valence-electron chi connectivity index (χ0n) is 12.0. The van der Waals surface area contributed by atoms with E-state index in [1.807, 2.05) is 0 Å². The van der Waals surface area contributed by atoms with Gasteiger partial charge in [-0.25, -0.2) is 22.3 Å². The number of carboxylic acid groups (broad SMARTS) is 1. The maximum absolute atomic E-state index is 12.6. The van der Waals surface area contributed by atoms with Gasteiger partial charge in [0.05, 0.1) is 9.79 Å². The van der Waals surface area contributed by atoms with Crippen molar-refractivity contribution in [1.29, 1.82) is 0 Å². The highest BCUT2D eigenvalue weighted by molar-refractivity contribution is 7.95. The molecule has 0 aromatic heterocycles. The van der Waals surface area contributed by atoms with Gasteiger partial charge in [0, 0.05) is 12.7 Å². The third-order valence-corrected chi connectivity index (χ3v) is 6.40. The van der Waals surface area contributed by atoms with Gasteiger partial charge in [0.15, 0.2) is 19.7 Å². The van der Waals surface area contributed by atoms with E-state index in [1.54, 1.807) is 0 Å². The Hall–Kier alpha value is -1.98. The molecule has 0 aliphatic heterocycles. The molecule has 11 heteroatoms. The van der Waals surface area contributed by atoms with Crippen LogP contribution in [0.1, 0.15) is 12.8 Å². The predicted molar refractivity (Wildman–Crippen MR) is 77.3 cm³/mol. The monoisotopic (exact) mass is 365 g/mol. The van der Waals surface area contributed by atoms with Crippen LogP contribution in [0.2, 0.25) is 0 Å². The van der Waals surface area contributed by atoms with Crippen molar-refractivity contribution in [3.05, 3.63) is 24.3 Å². The van der Waals surface area contributed by atoms with E-state index in [0.717, 1.165) is 23.9 Å². The number of benzene rings is 1. The minimum atomic E-state index is -4.54. The van der Waals surface area contributed by atoms with E-state index >= 15 is 0 Å². The summed E-state index contributed by atoms with van der Waals surface area (Å²) in [6.45, 7) is 0. The number of nitrogens with one attached hydrogen (secondary N) is 1. The summed E-state index contributed by atoms with van der Waals surface area (Å²) in [6.07, 6.45) is -0.472. The van der Waals surface area contributed by atoms with Gasteiger partial charge in [0.2, 0.25) is 0 Å². The highest BCUT2D eigenvalue weighted by Crippen LogP contribution is 2.26. The Morgan fingerprint density at radius 3 is 2.09 bits per heavy atom. The van der Waals surface area contributed by atoms with Crippen LogP contribution >= 0.6 is 0 Å². The molecule has 0 aliphatic carbocycles. The van der Waals surface area contributed by atoms with Crippen LogP contribution in [-0.4, -0.2) is 50.5 Å². The van der Waals surface area contributed by atoms with Crippen molar-refractivity contribution in [2.45, 2.75) is 27.9 Å². The normalized spacial score (nSPS) is 13.3. The topological polar surface area (TPSA) is 155 Å². The molecule has 0 bridgehead atoms. The number of hydrogen-bond donors (Lipinski definition) is 3. The molecule has 1 aromatic carbocycles. The molecular formula is C12H15NO8S2. The van der Waals surface area contributed by atoms with Gasteiger partial charge in [-0.05, 0) is 18.6 Å². The van der Waals surface area contributed by atoms with E-state index < -0.39 is 59.4 Å². The van der Waals surface area contributed by atoms with Crippen molar-refractivity contribution in [3.63, 3.8) is 0 Å². The minimum Gasteiger partial charge on any atom is -0.481 e. The third kappa shape index (κ3) is 4.50. The number of hydroxylamine groups is 1. The first kappa shape index (κ1) is 19.1. The molecule has 23 heavy (non-hydrogen) atoms. The Bertz CT molecular complexity index is 813. The van der Waals surface area contributed by atoms with E-state index in [-0.39, 0.29) is 0 Å². The highest BCUT2D eigenvalue weighted by Gasteiger charge is 2.37. The number of rotatable bonds is 7. The van der Waals surface area contributed by atoms with Crippen LogP contribution in [-0.2, 0) is 29.3 Å². The summed E-state index contributed by atoms with van der Waals surface area (Å²) in [7, 11) is -8.44. The predicted octanol–water partition coefficient (Wildman–Crippen LogP) is -0.397. The fourth-order valence-electron chi connectivity index (χ4n) is 1.90. The van der Waals surface area contributed by atoms with Crippen LogP contribution < -0.4 is 5.48 Å². The van der Waals surface area contributed by atoms with Crippen molar-refractivity contribution >= 4 is 31.6 Å². The Morgan fingerprint density at radius 2 is 1.65 bits per heavy atom. The average molecular weight is 365 g/mol. The smallest absolute Gasteiger partial charge is 0.303 e. The molecule has 128 valence electrons. The number of hydrogen-bond acceptors (Lipinski definition) is 7. The maximum Gasteiger partial charge on any atom is 0.303 e. The van der Waals surface area contributed by atoms with Gasteiger partial charge in [-0.15, -0.1) is 0 Å². The molecule has 9 nitrogen and oxygen atoms in total. The van der Waals surface area contributed by atoms with Crippen molar-refractivity contribution < 1.29 is 36.7 Å². The number of carbonyl (C=O) groups is 2. The summed E-state index contributed by atoms with van der Waals surface area (Å²) < 4.78 is 48.6. The second-order valence-electron chi connectivity index (χ2n) is 4.66. The standard InChI is InChI=1S/C12H15NO8S2/c1-22(18,19)8-4-2-3-5-9(8)23(20,21)10(12(16)13-17)6-7-11(14)15/h2-5,10,17H,6-7H2,1H3,(H,13,16)(H,14,15). The highest BCUT2D eigenvalue weighted by atomic mass is 32.2. The molecular weight excluding hydrogens is 350 g/mol. The molecule has 1 aromatic rings. The van der Waals surface area contributed by atoms with Gasteiger partial charge in [-0.2, -0.15) is 0 Å². The summed E-state index contributed by atoms with van der Waals surface area (Å²) in [5, 5.41) is 15.4. The van der Waals surface area contributed by atoms with Crippen LogP contribution in [0.15, 0.2) is 34.1 Å². The van der Waals surface area contributed by atoms with E-state index in [4.69, 9.17) is 10.3 Å². The molecule has 0 aliphatic rings. The molecule has 1 amide bonds. The Kier molecular flexibility index (Phi) is 5.86. The van der Waals surface area contributed by atoms with Crippen molar-refractivity contribution in [3.8, 4) is 0 Å². The zero-order chi connectivity index (χ0) is 17.8. The molecule has 0 heterocycles. The quantitative estimate of drug-likeness (QED) is 0.435. The van der Waals surface area contributed by atoms with E-state index in [2.05, 4.69) is 0 Å². The third-order valence-electron chi connectivity index (χ3n) is 2.95. The second-order valence-corrected chi connectivity index (χ2v) is 8.74. The van der Waals surface area contributed by atoms with E-state index in [1.165, 1.54) is 12.1 Å². The molecule has 0 radical (unpaired) electrons. The largest absolute Gasteiger partial charge is 0.481 e. The maximum atomic E-state index is 12.6. The summed E-state index contributed by atoms with van der Waals surface area (Å²) in [6, 6.07) is 4.65. The summed E-state index contributed by atoms with van der Waals surface area (Å²) in [5.41, 5.74) is 1.16. The molecule has 3 N–H and O–H groups in total. The molecule has 0 fully saturated rings. The SMILES string of the molecule is CS(=O)(=O)c1ccccc1S(=O)(=O)C(CCC(=O)O)C(=O)NO. The number of aliphatic carboxylic acids is 1. The van der Waals surface area contributed by atoms with Gasteiger partial charge >= 0.3 is 5.97 Å². The first-order valence-corrected chi connectivity index (χ1v) is 9.64. The van der Waals surface area contributed by atoms with Crippen molar-refractivity contribution in [2.75, 3.05) is 6.26 Å². The Labute approximate surface area is 132 Å². The van der Waals surface area contributed by atoms with E-state index in [0.29, 0.717) is 0 Å². The lowest BCUT2D eigenvalue weighted by molar-refractivity contribution is -0.137. The lowest BCUT2D eigenvalue weighted by Gasteiger charge is -2.16. The Balaban J connectivity index is 3.48. The zero-order valence-corrected chi connectivity index (χ0v) is 13.6. The molecule has 0 saturated carbocycles. The first-order valence-electron chi connectivity index (χ1n) is 6.20. The summed E-state index contributed by atoms with van der Waals surface area (Å²) in [5.74, 6) is -2.68. The molecule has 1 rings (SSSR count). The summed E-state index contributed by atoms with van der Waals surface area (Å²) >= 11 is 0. The van der Waals surface area contributed by atoms with Crippen LogP contribution in [0.25, 0.3) is 0 Å². The number of carboxylic acids is 1. The summed E-state index contributed by atoms with van der Waals surface area (Å²) in [4.78, 5) is 21.1. The molecule has 1 atom stereocenters. The van der Waals surface area contributed by atoms with Crippen molar-refractivity contribution in [2.24, 2.45) is 0 Å². The molecule has 0 saturated heterocycles.